The fourth-order valence-electron chi connectivity index (χ4n) is 2.44. The Kier molecular flexibility index (Phi) is 4.07. The lowest BCUT2D eigenvalue weighted by Crippen LogP contribution is -2.48. The van der Waals surface area contributed by atoms with E-state index in [-0.39, 0.29) is 1.43 Å². The summed E-state index contributed by atoms with van der Waals surface area (Å²) in [6.07, 6.45) is 4.59. The molecular formula is C11H25N. The molecule has 0 aromatic carbocycles. The second kappa shape index (κ2) is 4.86. The zero-order chi connectivity index (χ0) is 8.97. The molecule has 74 valence electrons. The topological polar surface area (TPSA) is 12.0 Å². The third kappa shape index (κ3) is 1.82. The summed E-state index contributed by atoms with van der Waals surface area (Å²) >= 11 is 0. The van der Waals surface area contributed by atoms with Crippen LogP contribution in [0.1, 0.15) is 41.5 Å². The lowest BCUT2D eigenvalue weighted by molar-refractivity contribution is -0.0236. The van der Waals surface area contributed by atoms with E-state index in [1.165, 1.54) is 25.8 Å². The van der Waals surface area contributed by atoms with Crippen LogP contribution in [0.4, 0.5) is 0 Å². The molecule has 2 aliphatic rings. The van der Waals surface area contributed by atoms with E-state index in [2.05, 4.69) is 12.2 Å². The Hall–Kier alpha value is -0.0400. The molecule has 0 amide bonds. The summed E-state index contributed by atoms with van der Waals surface area (Å²) in [4.78, 5) is 0. The minimum absolute atomic E-state index is 0. The van der Waals surface area contributed by atoms with E-state index in [4.69, 9.17) is 0 Å². The lowest BCUT2D eigenvalue weighted by atomic mass is 9.53. The number of hydrogen-bond acceptors (Lipinski definition) is 1. The average molecular weight is 171 g/mol. The normalized spacial score (nSPS) is 36.8. The summed E-state index contributed by atoms with van der Waals surface area (Å²) in [5.74, 6) is 3.35. The van der Waals surface area contributed by atoms with Gasteiger partial charge in [-0.3, -0.25) is 0 Å². The second-order valence-corrected chi connectivity index (χ2v) is 3.80. The summed E-state index contributed by atoms with van der Waals surface area (Å²) < 4.78 is 0. The van der Waals surface area contributed by atoms with E-state index in [1.807, 2.05) is 13.8 Å². The van der Waals surface area contributed by atoms with Crippen molar-refractivity contribution < 1.29 is 1.43 Å². The molecule has 0 aromatic rings. The van der Waals surface area contributed by atoms with Gasteiger partial charge in [0.05, 0.1) is 0 Å². The fraction of sp³-hybridized carbons (Fsp3) is 1.00. The molecule has 0 aromatic heterocycles. The molecule has 1 N–H and O–H groups in total. The van der Waals surface area contributed by atoms with Crippen molar-refractivity contribution in [1.29, 1.82) is 0 Å². The first kappa shape index (κ1) is 10.0. The molecule has 0 saturated heterocycles. The van der Waals surface area contributed by atoms with Crippen LogP contribution in [0.15, 0.2) is 0 Å². The summed E-state index contributed by atoms with van der Waals surface area (Å²) in [6.45, 7) is 8.63. The minimum Gasteiger partial charge on any atom is -0.317 e. The van der Waals surface area contributed by atoms with Crippen molar-refractivity contribution >= 4 is 0 Å². The highest BCUT2D eigenvalue weighted by molar-refractivity contribution is 4.97. The van der Waals surface area contributed by atoms with Crippen LogP contribution in [0.3, 0.4) is 0 Å². The predicted octanol–water partition coefficient (Wildman–Crippen LogP) is 2.91. The molecule has 1 nitrogen and oxygen atoms in total. The van der Waals surface area contributed by atoms with Crippen molar-refractivity contribution in [3.8, 4) is 0 Å². The van der Waals surface area contributed by atoms with Gasteiger partial charge in [-0.25, -0.2) is 0 Å². The average Bonchev–Trinajstić information content (AvgIpc) is 2.11. The van der Waals surface area contributed by atoms with Crippen LogP contribution in [-0.4, -0.2) is 13.1 Å². The van der Waals surface area contributed by atoms with E-state index >= 15 is 0 Å². The third-order valence-corrected chi connectivity index (χ3v) is 3.34. The summed E-state index contributed by atoms with van der Waals surface area (Å²) in [6, 6.07) is 0. The van der Waals surface area contributed by atoms with Crippen LogP contribution in [0.25, 0.3) is 0 Å². The molecule has 3 unspecified atom stereocenters. The van der Waals surface area contributed by atoms with Gasteiger partial charge in [0.25, 0.3) is 0 Å². The first-order valence-electron chi connectivity index (χ1n) is 5.62. The standard InChI is InChI=1S/C9H17N.C2H6.H2/c1-2-10-6-8-5-7-3-4-9(7)8;1-2;/h7-10H,2-6H2,1H3;1-2H3;1H. The Balaban J connectivity index is 0.000000451. The van der Waals surface area contributed by atoms with Crippen LogP contribution in [-0.2, 0) is 0 Å². The molecule has 0 heterocycles. The monoisotopic (exact) mass is 171 g/mol. The molecule has 1 heteroatoms. The summed E-state index contributed by atoms with van der Waals surface area (Å²) in [7, 11) is 0. The number of nitrogens with one attached hydrogen (secondary N) is 1. The third-order valence-electron chi connectivity index (χ3n) is 3.34. The summed E-state index contributed by atoms with van der Waals surface area (Å²) in [5.41, 5.74) is 0. The number of hydrogen-bond donors (Lipinski definition) is 1. The molecule has 2 aliphatic carbocycles. The van der Waals surface area contributed by atoms with E-state index in [1.54, 1.807) is 0 Å². The molecule has 0 radical (unpaired) electrons. The van der Waals surface area contributed by atoms with E-state index < -0.39 is 0 Å². The molecule has 3 atom stereocenters. The Morgan fingerprint density at radius 2 is 2.08 bits per heavy atom. The van der Waals surface area contributed by atoms with Crippen molar-refractivity contribution in [3.05, 3.63) is 0 Å². The lowest BCUT2D eigenvalue weighted by Gasteiger charge is -2.53. The highest BCUT2D eigenvalue weighted by atomic mass is 14.9. The molecule has 2 fully saturated rings. The highest BCUT2D eigenvalue weighted by Crippen LogP contribution is 2.53. The summed E-state index contributed by atoms with van der Waals surface area (Å²) in [5, 5.41) is 3.44. The fourth-order valence-corrected chi connectivity index (χ4v) is 2.44. The molecule has 0 bridgehead atoms. The van der Waals surface area contributed by atoms with Gasteiger partial charge in [0.15, 0.2) is 0 Å². The maximum absolute atomic E-state index is 3.44. The smallest absolute Gasteiger partial charge is 0 e. The van der Waals surface area contributed by atoms with E-state index in [0.29, 0.717) is 0 Å². The van der Waals surface area contributed by atoms with Crippen molar-refractivity contribution in [3.63, 3.8) is 0 Å². The van der Waals surface area contributed by atoms with Crippen molar-refractivity contribution in [1.82, 2.24) is 5.32 Å². The van der Waals surface area contributed by atoms with Crippen LogP contribution in [0.5, 0.6) is 0 Å². The van der Waals surface area contributed by atoms with Crippen molar-refractivity contribution in [2.75, 3.05) is 13.1 Å². The van der Waals surface area contributed by atoms with Gasteiger partial charge in [0, 0.05) is 1.43 Å². The largest absolute Gasteiger partial charge is 0.317 e. The van der Waals surface area contributed by atoms with Gasteiger partial charge in [-0.2, -0.15) is 0 Å². The zero-order valence-corrected chi connectivity index (χ0v) is 8.77. The maximum atomic E-state index is 3.44. The van der Waals surface area contributed by atoms with Gasteiger partial charge in [-0.15, -0.1) is 0 Å². The van der Waals surface area contributed by atoms with E-state index in [0.717, 1.165) is 24.3 Å². The number of rotatable bonds is 3. The molecular weight excluding hydrogens is 146 g/mol. The van der Waals surface area contributed by atoms with Gasteiger partial charge in [-0.05, 0) is 50.1 Å². The first-order valence-corrected chi connectivity index (χ1v) is 5.62. The Labute approximate surface area is 78.4 Å². The van der Waals surface area contributed by atoms with Gasteiger partial charge in [0.2, 0.25) is 0 Å². The van der Waals surface area contributed by atoms with Crippen LogP contribution in [0.2, 0.25) is 0 Å². The van der Waals surface area contributed by atoms with Gasteiger partial charge >= 0.3 is 0 Å². The zero-order valence-electron chi connectivity index (χ0n) is 8.77. The molecule has 0 aliphatic heterocycles. The highest BCUT2D eigenvalue weighted by Gasteiger charge is 2.46. The minimum atomic E-state index is 0. The van der Waals surface area contributed by atoms with E-state index in [9.17, 15) is 0 Å². The van der Waals surface area contributed by atoms with Crippen molar-refractivity contribution in [2.24, 2.45) is 17.8 Å². The van der Waals surface area contributed by atoms with Gasteiger partial charge in [-0.1, -0.05) is 20.8 Å². The molecule has 0 spiro atoms. The number of fused-ring (bicyclic) bond motifs is 1. The molecule has 12 heavy (non-hydrogen) atoms. The van der Waals surface area contributed by atoms with Crippen molar-refractivity contribution in [2.45, 2.75) is 40.0 Å². The SMILES string of the molecule is CC.CCNCC1CC2CCC21.[HH]. The second-order valence-electron chi connectivity index (χ2n) is 3.80. The van der Waals surface area contributed by atoms with Gasteiger partial charge < -0.3 is 5.32 Å². The van der Waals surface area contributed by atoms with Gasteiger partial charge in [0.1, 0.15) is 0 Å². The quantitative estimate of drug-likeness (QED) is 0.688. The first-order chi connectivity index (χ1) is 5.92. The molecule has 2 rings (SSSR count). The van der Waals surface area contributed by atoms with Crippen LogP contribution in [0, 0.1) is 17.8 Å². The van der Waals surface area contributed by atoms with Crippen LogP contribution < -0.4 is 5.32 Å². The maximum Gasteiger partial charge on any atom is 0 e. The Morgan fingerprint density at radius 3 is 2.42 bits per heavy atom. The molecule has 2 saturated carbocycles. The Morgan fingerprint density at radius 1 is 1.33 bits per heavy atom. The predicted molar refractivity (Wildman–Crippen MR) is 56.3 cm³/mol. The Bertz CT molecular complexity index is 127. The van der Waals surface area contributed by atoms with Crippen LogP contribution >= 0.6 is 0 Å².